The molecule has 1 amide bonds. The van der Waals surface area contributed by atoms with Gasteiger partial charge in [0.15, 0.2) is 5.78 Å². The zero-order chi connectivity index (χ0) is 26.3. The van der Waals surface area contributed by atoms with Crippen molar-refractivity contribution in [1.82, 2.24) is 24.1 Å². The Morgan fingerprint density at radius 2 is 1.81 bits per heavy atom. The molecule has 0 atom stereocenters. The van der Waals surface area contributed by atoms with Crippen molar-refractivity contribution >= 4 is 28.4 Å². The number of nitrogens with zero attached hydrogens (tertiary/aromatic N) is 4. The van der Waals surface area contributed by atoms with Gasteiger partial charge in [0, 0.05) is 23.7 Å². The summed E-state index contributed by atoms with van der Waals surface area (Å²) in [6, 6.07) is 10.5. The lowest BCUT2D eigenvalue weighted by Crippen LogP contribution is -2.33. The highest BCUT2D eigenvalue weighted by Gasteiger charge is 2.22. The first-order valence-corrected chi connectivity index (χ1v) is 12.9. The summed E-state index contributed by atoms with van der Waals surface area (Å²) in [5.74, 6) is -0.315. The molecule has 2 aromatic carbocycles. The van der Waals surface area contributed by atoms with Crippen molar-refractivity contribution < 1.29 is 9.59 Å². The number of aryl methyl sites for hydroxylation is 3. The van der Waals surface area contributed by atoms with Gasteiger partial charge in [0.05, 0.1) is 10.9 Å². The molecule has 0 unspecified atom stereocenters. The van der Waals surface area contributed by atoms with E-state index in [0.717, 1.165) is 41.5 Å². The van der Waals surface area contributed by atoms with Gasteiger partial charge < -0.3 is 5.32 Å². The lowest BCUT2D eigenvalue weighted by molar-refractivity contribution is 0.0935. The maximum absolute atomic E-state index is 13.6. The van der Waals surface area contributed by atoms with E-state index in [1.165, 1.54) is 8.97 Å². The predicted molar refractivity (Wildman–Crippen MR) is 141 cm³/mol. The third-order valence-corrected chi connectivity index (χ3v) is 7.15. The van der Waals surface area contributed by atoms with E-state index in [0.29, 0.717) is 35.0 Å². The van der Waals surface area contributed by atoms with Gasteiger partial charge in [0.2, 0.25) is 5.78 Å². The Morgan fingerprint density at radius 1 is 1.05 bits per heavy atom. The molecule has 0 aliphatic heterocycles. The normalized spacial score (nSPS) is 14.0. The third-order valence-electron chi connectivity index (χ3n) is 7.15. The fourth-order valence-corrected chi connectivity index (χ4v) is 5.27. The Morgan fingerprint density at radius 3 is 2.51 bits per heavy atom. The molecule has 4 aromatic rings. The third kappa shape index (κ3) is 4.50. The number of amides is 1. The highest BCUT2D eigenvalue weighted by Crippen LogP contribution is 2.20. The Hall–Kier alpha value is -4.01. The molecule has 9 nitrogen and oxygen atoms in total. The van der Waals surface area contributed by atoms with Crippen molar-refractivity contribution in [3.8, 4) is 0 Å². The van der Waals surface area contributed by atoms with Crippen molar-refractivity contribution in [2.24, 2.45) is 0 Å². The van der Waals surface area contributed by atoms with Gasteiger partial charge in [-0.3, -0.25) is 19.0 Å². The first kappa shape index (κ1) is 24.7. The number of fused-ring (bicyclic) bond motifs is 3. The van der Waals surface area contributed by atoms with Crippen LogP contribution in [0, 0.1) is 13.8 Å². The van der Waals surface area contributed by atoms with Gasteiger partial charge in [-0.15, -0.1) is 5.10 Å². The van der Waals surface area contributed by atoms with E-state index < -0.39 is 5.69 Å². The molecule has 2 aromatic heterocycles. The molecule has 1 fully saturated rings. The van der Waals surface area contributed by atoms with E-state index >= 15 is 0 Å². The van der Waals surface area contributed by atoms with Crippen LogP contribution >= 0.6 is 0 Å². The van der Waals surface area contributed by atoms with Gasteiger partial charge in [-0.2, -0.15) is 0 Å². The van der Waals surface area contributed by atoms with Gasteiger partial charge in [0.1, 0.15) is 6.54 Å². The molecule has 1 saturated carbocycles. The van der Waals surface area contributed by atoms with Crippen molar-refractivity contribution in [2.75, 3.05) is 0 Å². The summed E-state index contributed by atoms with van der Waals surface area (Å²) in [7, 11) is 0. The molecule has 1 aliphatic rings. The maximum atomic E-state index is 13.6. The van der Waals surface area contributed by atoms with Crippen LogP contribution in [0.2, 0.25) is 0 Å². The van der Waals surface area contributed by atoms with Crippen LogP contribution in [0.1, 0.15) is 70.9 Å². The first-order valence-electron chi connectivity index (χ1n) is 12.9. The average molecular weight is 502 g/mol. The molecule has 0 spiro atoms. The number of ketones is 1. The molecule has 1 aliphatic carbocycles. The quantitative estimate of drug-likeness (QED) is 0.391. The zero-order valence-electron chi connectivity index (χ0n) is 21.4. The number of hydrogen-bond acceptors (Lipinski definition) is 5. The Kier molecular flexibility index (Phi) is 6.54. The summed E-state index contributed by atoms with van der Waals surface area (Å²) in [5.41, 5.74) is 2.26. The second kappa shape index (κ2) is 9.80. The summed E-state index contributed by atoms with van der Waals surface area (Å²) >= 11 is 0. The smallest absolute Gasteiger partial charge is 0.349 e. The van der Waals surface area contributed by atoms with Gasteiger partial charge in [-0.1, -0.05) is 43.5 Å². The van der Waals surface area contributed by atoms with Crippen molar-refractivity contribution in [1.29, 1.82) is 0 Å². The van der Waals surface area contributed by atoms with Gasteiger partial charge in [-0.05, 0) is 56.9 Å². The predicted octanol–water partition coefficient (Wildman–Crippen LogP) is 3.39. The molecule has 37 heavy (non-hydrogen) atoms. The molecule has 1 N–H and O–H groups in total. The SMILES string of the molecule is CCCn1c(=O)c2ccc(C(=O)NC3CCCC3)cc2n2c(=O)n(CC(=O)c3ccc(C)cc3C)nc12. The van der Waals surface area contributed by atoms with Crippen molar-refractivity contribution in [3.05, 3.63) is 79.5 Å². The lowest BCUT2D eigenvalue weighted by Gasteiger charge is -2.13. The summed E-state index contributed by atoms with van der Waals surface area (Å²) in [6.07, 6.45) is 4.74. The minimum Gasteiger partial charge on any atom is -0.349 e. The summed E-state index contributed by atoms with van der Waals surface area (Å²) < 4.78 is 3.90. The van der Waals surface area contributed by atoms with Gasteiger partial charge in [0.25, 0.3) is 11.5 Å². The number of Topliss-reactive ketones (excluding diaryl/α,β-unsaturated/α-hetero) is 1. The second-order valence-corrected chi connectivity index (χ2v) is 9.96. The number of nitrogens with one attached hydrogen (secondary N) is 1. The number of benzene rings is 2. The number of aromatic nitrogens is 4. The topological polar surface area (TPSA) is 107 Å². The van der Waals surface area contributed by atoms with Crippen LogP contribution in [-0.2, 0) is 13.1 Å². The highest BCUT2D eigenvalue weighted by atomic mass is 16.2. The van der Waals surface area contributed by atoms with Crippen molar-refractivity contribution in [2.45, 2.75) is 72.0 Å². The fourth-order valence-electron chi connectivity index (χ4n) is 5.27. The molecule has 2 heterocycles. The van der Waals surface area contributed by atoms with E-state index in [1.807, 2.05) is 32.9 Å². The molecule has 192 valence electrons. The van der Waals surface area contributed by atoms with Crippen LogP contribution < -0.4 is 16.6 Å². The number of carbonyl (C=O) groups excluding carboxylic acids is 2. The number of carbonyl (C=O) groups is 2. The average Bonchev–Trinajstić information content (AvgIpc) is 3.49. The summed E-state index contributed by atoms with van der Waals surface area (Å²) in [4.78, 5) is 53.0. The summed E-state index contributed by atoms with van der Waals surface area (Å²) in [6.45, 7) is 5.85. The van der Waals surface area contributed by atoms with E-state index in [1.54, 1.807) is 24.3 Å². The minimum absolute atomic E-state index is 0.141. The Labute approximate surface area is 213 Å². The zero-order valence-corrected chi connectivity index (χ0v) is 21.4. The minimum atomic E-state index is -0.531. The second-order valence-electron chi connectivity index (χ2n) is 9.96. The lowest BCUT2D eigenvalue weighted by atomic mass is 10.0. The van der Waals surface area contributed by atoms with E-state index in [9.17, 15) is 19.2 Å². The Bertz CT molecular complexity index is 1650. The van der Waals surface area contributed by atoms with E-state index in [-0.39, 0.29) is 35.6 Å². The van der Waals surface area contributed by atoms with Crippen LogP contribution in [-0.4, -0.2) is 36.5 Å². The number of rotatable bonds is 7. The van der Waals surface area contributed by atoms with Crippen LogP contribution in [0.5, 0.6) is 0 Å². The summed E-state index contributed by atoms with van der Waals surface area (Å²) in [5, 5.41) is 7.79. The number of hydrogen-bond donors (Lipinski definition) is 1. The highest BCUT2D eigenvalue weighted by molar-refractivity contribution is 5.98. The molecule has 9 heteroatoms. The van der Waals surface area contributed by atoms with E-state index in [4.69, 9.17) is 0 Å². The largest absolute Gasteiger partial charge is 0.352 e. The monoisotopic (exact) mass is 501 g/mol. The van der Waals surface area contributed by atoms with Crippen LogP contribution in [0.15, 0.2) is 46.0 Å². The standard InChI is InChI=1S/C28H31N5O4/c1-4-13-31-26(36)22-12-10-19(25(35)29-20-7-5-6-8-20)15-23(22)33-27(31)30-32(28(33)37)16-24(34)21-11-9-17(2)14-18(21)3/h9-12,14-15,20H,4-8,13,16H2,1-3H3,(H,29,35). The molecule has 0 radical (unpaired) electrons. The molecule has 5 rings (SSSR count). The fraction of sp³-hybridized carbons (Fsp3) is 0.393. The molecular weight excluding hydrogens is 470 g/mol. The Balaban J connectivity index is 1.63. The van der Waals surface area contributed by atoms with Gasteiger partial charge >= 0.3 is 5.69 Å². The molecule has 0 saturated heterocycles. The molecular formula is C28H31N5O4. The van der Waals surface area contributed by atoms with Gasteiger partial charge in [-0.25, -0.2) is 13.9 Å². The van der Waals surface area contributed by atoms with Crippen LogP contribution in [0.4, 0.5) is 0 Å². The first-order chi connectivity index (χ1) is 17.8. The van der Waals surface area contributed by atoms with Crippen molar-refractivity contribution in [3.63, 3.8) is 0 Å². The van der Waals surface area contributed by atoms with E-state index in [2.05, 4.69) is 10.4 Å². The maximum Gasteiger partial charge on any atom is 0.352 e. The molecule has 0 bridgehead atoms. The van der Waals surface area contributed by atoms with Crippen LogP contribution in [0.3, 0.4) is 0 Å². The van der Waals surface area contributed by atoms with Crippen LogP contribution in [0.25, 0.3) is 16.7 Å².